The van der Waals surface area contributed by atoms with Crippen molar-refractivity contribution in [3.8, 4) is 5.75 Å². The molecule has 1 aliphatic rings. The quantitative estimate of drug-likeness (QED) is 0.804. The first-order chi connectivity index (χ1) is 11.1. The molecule has 1 aliphatic carbocycles. The summed E-state index contributed by atoms with van der Waals surface area (Å²) in [6, 6.07) is 6.67. The monoisotopic (exact) mass is 331 g/mol. The minimum absolute atomic E-state index is 0.433. The van der Waals surface area contributed by atoms with Crippen LogP contribution in [-0.2, 0) is 12.8 Å². The van der Waals surface area contributed by atoms with Crippen LogP contribution in [0.2, 0.25) is 0 Å². The summed E-state index contributed by atoms with van der Waals surface area (Å²) in [7, 11) is 1.54. The van der Waals surface area contributed by atoms with Gasteiger partial charge in [0.05, 0.1) is 18.4 Å². The van der Waals surface area contributed by atoms with Gasteiger partial charge >= 0.3 is 6.03 Å². The molecule has 0 fully saturated rings. The summed E-state index contributed by atoms with van der Waals surface area (Å²) in [5, 5.41) is 5.96. The standard InChI is InChI=1S/C16H17N3O3S/c1-22-11-7-3-2-6-10(11)18-16(21)19-15-13(14(17)20)9-5-4-8-12(9)23-15/h2-3,6-7H,4-5,8H2,1H3,(H2,17,20)(H2,18,19,21). The van der Waals surface area contributed by atoms with Gasteiger partial charge in [-0.3, -0.25) is 10.1 Å². The maximum absolute atomic E-state index is 12.2. The van der Waals surface area contributed by atoms with Gasteiger partial charge < -0.3 is 15.8 Å². The molecule has 1 aromatic heterocycles. The number of nitrogens with one attached hydrogen (secondary N) is 2. The molecule has 0 saturated heterocycles. The number of carbonyl (C=O) groups excluding carboxylic acids is 2. The highest BCUT2D eigenvalue weighted by Crippen LogP contribution is 2.38. The number of thiophene rings is 1. The van der Waals surface area contributed by atoms with E-state index < -0.39 is 11.9 Å². The lowest BCUT2D eigenvalue weighted by Gasteiger charge is -2.11. The zero-order chi connectivity index (χ0) is 16.4. The van der Waals surface area contributed by atoms with Gasteiger partial charge in [0, 0.05) is 4.88 Å². The lowest BCUT2D eigenvalue weighted by atomic mass is 10.1. The Kier molecular flexibility index (Phi) is 4.20. The molecule has 7 heteroatoms. The zero-order valence-corrected chi connectivity index (χ0v) is 13.5. The van der Waals surface area contributed by atoms with E-state index in [9.17, 15) is 9.59 Å². The molecule has 0 spiro atoms. The molecule has 1 heterocycles. The molecular formula is C16H17N3O3S. The van der Waals surface area contributed by atoms with Crippen LogP contribution in [0.25, 0.3) is 0 Å². The summed E-state index contributed by atoms with van der Waals surface area (Å²) in [4.78, 5) is 25.1. The van der Waals surface area contributed by atoms with Crippen molar-refractivity contribution in [2.24, 2.45) is 5.73 Å². The third kappa shape index (κ3) is 3.00. The average molecular weight is 331 g/mol. The number of para-hydroxylation sites is 2. The second kappa shape index (κ2) is 6.29. The maximum Gasteiger partial charge on any atom is 0.324 e. The van der Waals surface area contributed by atoms with Crippen LogP contribution in [0.4, 0.5) is 15.5 Å². The first kappa shape index (κ1) is 15.4. The van der Waals surface area contributed by atoms with E-state index >= 15 is 0 Å². The summed E-state index contributed by atoms with van der Waals surface area (Å²) in [6.45, 7) is 0. The maximum atomic E-state index is 12.2. The Labute approximate surface area is 137 Å². The lowest BCUT2D eigenvalue weighted by Crippen LogP contribution is -2.22. The van der Waals surface area contributed by atoms with E-state index in [0.717, 1.165) is 29.7 Å². The summed E-state index contributed by atoms with van der Waals surface area (Å²) in [5.74, 6) is 0.0587. The molecule has 0 radical (unpaired) electrons. The van der Waals surface area contributed by atoms with E-state index in [1.807, 2.05) is 6.07 Å². The van der Waals surface area contributed by atoms with E-state index in [1.54, 1.807) is 18.2 Å². The van der Waals surface area contributed by atoms with Crippen LogP contribution in [0.15, 0.2) is 24.3 Å². The van der Waals surface area contributed by atoms with Crippen molar-refractivity contribution in [1.29, 1.82) is 0 Å². The van der Waals surface area contributed by atoms with Gasteiger partial charge in [0.1, 0.15) is 10.8 Å². The SMILES string of the molecule is COc1ccccc1NC(=O)Nc1sc2c(c1C(N)=O)CCC2. The van der Waals surface area contributed by atoms with Crippen molar-refractivity contribution >= 4 is 34.0 Å². The molecule has 3 rings (SSSR count). The number of anilines is 2. The van der Waals surface area contributed by atoms with E-state index in [2.05, 4.69) is 10.6 Å². The number of urea groups is 1. The predicted molar refractivity (Wildman–Crippen MR) is 90.5 cm³/mol. The number of ether oxygens (including phenoxy) is 1. The van der Waals surface area contributed by atoms with Crippen LogP contribution in [-0.4, -0.2) is 19.0 Å². The van der Waals surface area contributed by atoms with Crippen molar-refractivity contribution in [3.05, 3.63) is 40.3 Å². The molecule has 1 aromatic carbocycles. The van der Waals surface area contributed by atoms with E-state index in [-0.39, 0.29) is 0 Å². The summed E-state index contributed by atoms with van der Waals surface area (Å²) >= 11 is 1.42. The van der Waals surface area contributed by atoms with E-state index in [0.29, 0.717) is 22.0 Å². The van der Waals surface area contributed by atoms with Gasteiger partial charge in [-0.05, 0) is 37.0 Å². The second-order valence-corrected chi connectivity index (χ2v) is 6.31. The Bertz CT molecular complexity index is 770. The normalized spacial score (nSPS) is 12.6. The Balaban J connectivity index is 1.80. The van der Waals surface area contributed by atoms with Crippen LogP contribution < -0.4 is 21.1 Å². The lowest BCUT2D eigenvalue weighted by molar-refractivity contribution is 0.100. The Hall–Kier alpha value is -2.54. The van der Waals surface area contributed by atoms with Gasteiger partial charge in [0.15, 0.2) is 0 Å². The Morgan fingerprint density at radius 2 is 2.00 bits per heavy atom. The first-order valence-electron chi connectivity index (χ1n) is 7.25. The topological polar surface area (TPSA) is 93.4 Å². The fraction of sp³-hybridized carbons (Fsp3) is 0.250. The third-order valence-corrected chi connectivity index (χ3v) is 4.96. The highest BCUT2D eigenvalue weighted by Gasteiger charge is 2.26. The minimum atomic E-state index is -0.503. The minimum Gasteiger partial charge on any atom is -0.495 e. The number of fused-ring (bicyclic) bond motifs is 1. The summed E-state index contributed by atoms with van der Waals surface area (Å²) < 4.78 is 5.19. The van der Waals surface area contributed by atoms with Crippen molar-refractivity contribution in [3.63, 3.8) is 0 Å². The van der Waals surface area contributed by atoms with Crippen molar-refractivity contribution in [1.82, 2.24) is 0 Å². The number of nitrogens with two attached hydrogens (primary N) is 1. The number of hydrogen-bond acceptors (Lipinski definition) is 4. The molecule has 0 atom stereocenters. The van der Waals surface area contributed by atoms with Crippen LogP contribution in [0.5, 0.6) is 5.75 Å². The molecule has 23 heavy (non-hydrogen) atoms. The van der Waals surface area contributed by atoms with Gasteiger partial charge in [0.2, 0.25) is 0 Å². The summed E-state index contributed by atoms with van der Waals surface area (Å²) in [6.07, 6.45) is 2.78. The molecule has 2 aromatic rings. The molecule has 0 saturated carbocycles. The molecule has 120 valence electrons. The molecule has 0 unspecified atom stereocenters. The van der Waals surface area contributed by atoms with Gasteiger partial charge in [-0.25, -0.2) is 4.79 Å². The number of benzene rings is 1. The molecule has 3 amide bonds. The average Bonchev–Trinajstić information content (AvgIpc) is 3.07. The Morgan fingerprint density at radius 1 is 1.22 bits per heavy atom. The molecular weight excluding hydrogens is 314 g/mol. The van der Waals surface area contributed by atoms with Crippen molar-refractivity contribution in [2.75, 3.05) is 17.7 Å². The fourth-order valence-electron chi connectivity index (χ4n) is 2.76. The van der Waals surface area contributed by atoms with Crippen LogP contribution in [0, 0.1) is 0 Å². The van der Waals surface area contributed by atoms with E-state index in [4.69, 9.17) is 10.5 Å². The smallest absolute Gasteiger partial charge is 0.324 e. The number of amides is 3. The van der Waals surface area contributed by atoms with Crippen molar-refractivity contribution < 1.29 is 14.3 Å². The number of rotatable bonds is 4. The van der Waals surface area contributed by atoms with Gasteiger partial charge in [0.25, 0.3) is 5.91 Å². The number of carbonyl (C=O) groups is 2. The first-order valence-corrected chi connectivity index (χ1v) is 8.07. The van der Waals surface area contributed by atoms with E-state index in [1.165, 1.54) is 18.4 Å². The highest BCUT2D eigenvalue weighted by atomic mass is 32.1. The van der Waals surface area contributed by atoms with Gasteiger partial charge in [-0.1, -0.05) is 12.1 Å². The summed E-state index contributed by atoms with van der Waals surface area (Å²) in [5.41, 5.74) is 7.46. The largest absolute Gasteiger partial charge is 0.495 e. The number of methoxy groups -OCH3 is 1. The zero-order valence-electron chi connectivity index (χ0n) is 12.6. The molecule has 0 aliphatic heterocycles. The highest BCUT2D eigenvalue weighted by molar-refractivity contribution is 7.17. The molecule has 4 N–H and O–H groups in total. The van der Waals surface area contributed by atoms with Gasteiger partial charge in [-0.15, -0.1) is 11.3 Å². The number of hydrogen-bond donors (Lipinski definition) is 3. The number of aryl methyl sites for hydroxylation is 1. The Morgan fingerprint density at radius 3 is 2.74 bits per heavy atom. The van der Waals surface area contributed by atoms with Crippen molar-refractivity contribution in [2.45, 2.75) is 19.3 Å². The second-order valence-electron chi connectivity index (χ2n) is 5.21. The van der Waals surface area contributed by atoms with Crippen LogP contribution >= 0.6 is 11.3 Å². The molecule has 0 bridgehead atoms. The van der Waals surface area contributed by atoms with Crippen LogP contribution in [0.1, 0.15) is 27.2 Å². The van der Waals surface area contributed by atoms with Crippen LogP contribution in [0.3, 0.4) is 0 Å². The molecule has 6 nitrogen and oxygen atoms in total. The predicted octanol–water partition coefficient (Wildman–Crippen LogP) is 2.99. The fourth-order valence-corrected chi connectivity index (χ4v) is 4.05. The van der Waals surface area contributed by atoms with Gasteiger partial charge in [-0.2, -0.15) is 0 Å². The third-order valence-electron chi connectivity index (χ3n) is 3.75. The number of primary amides is 1.